The highest BCUT2D eigenvalue weighted by Gasteiger charge is 2.42. The Labute approximate surface area is 102 Å². The summed E-state index contributed by atoms with van der Waals surface area (Å²) in [4.78, 5) is 4.51. The summed E-state index contributed by atoms with van der Waals surface area (Å²) >= 11 is 0. The zero-order valence-electron chi connectivity index (χ0n) is 10.1. The zero-order valence-corrected chi connectivity index (χ0v) is 10.1. The number of aliphatic hydroxyl groups is 1. The first-order valence-electron chi connectivity index (χ1n) is 6.53. The maximum Gasteiger partial charge on any atom is 0.0964 e. The summed E-state index contributed by atoms with van der Waals surface area (Å²) in [5, 5.41) is 10.8. The number of pyridine rings is 1. The van der Waals surface area contributed by atoms with Gasteiger partial charge in [0.05, 0.1) is 12.2 Å². The van der Waals surface area contributed by atoms with E-state index in [1.807, 2.05) is 12.3 Å². The van der Waals surface area contributed by atoms with Crippen LogP contribution in [0, 0.1) is 0 Å². The molecule has 92 valence electrons. The maximum atomic E-state index is 10.8. The molecule has 3 nitrogen and oxygen atoms in total. The molecule has 2 aliphatic rings. The molecule has 0 spiro atoms. The first-order valence-corrected chi connectivity index (χ1v) is 6.53. The van der Waals surface area contributed by atoms with Crippen molar-refractivity contribution >= 4 is 0 Å². The van der Waals surface area contributed by atoms with E-state index in [0.29, 0.717) is 6.61 Å². The predicted molar refractivity (Wildman–Crippen MR) is 64.9 cm³/mol. The Bertz CT molecular complexity index is 399. The Kier molecular flexibility index (Phi) is 2.89. The fraction of sp³-hybridized carbons (Fsp3) is 0.643. The number of aromatic nitrogens is 1. The molecule has 1 aliphatic carbocycles. The van der Waals surface area contributed by atoms with Crippen LogP contribution in [0.1, 0.15) is 42.9 Å². The molecule has 17 heavy (non-hydrogen) atoms. The van der Waals surface area contributed by atoms with Gasteiger partial charge in [0, 0.05) is 24.4 Å². The number of hydrogen-bond donors (Lipinski definition) is 1. The van der Waals surface area contributed by atoms with Crippen LogP contribution in [0.4, 0.5) is 0 Å². The van der Waals surface area contributed by atoms with E-state index in [-0.39, 0.29) is 5.92 Å². The van der Waals surface area contributed by atoms with E-state index in [2.05, 4.69) is 11.1 Å². The van der Waals surface area contributed by atoms with Gasteiger partial charge in [-0.25, -0.2) is 0 Å². The molecule has 2 heterocycles. The van der Waals surface area contributed by atoms with Crippen molar-refractivity contribution in [2.24, 2.45) is 0 Å². The third-order valence-electron chi connectivity index (χ3n) is 4.09. The van der Waals surface area contributed by atoms with E-state index in [1.165, 1.54) is 5.56 Å². The molecular weight excluding hydrogens is 214 g/mol. The Morgan fingerprint density at radius 2 is 2.35 bits per heavy atom. The molecule has 2 unspecified atom stereocenters. The molecule has 0 aromatic carbocycles. The average molecular weight is 233 g/mol. The molecule has 2 atom stereocenters. The lowest BCUT2D eigenvalue weighted by atomic mass is 9.73. The van der Waals surface area contributed by atoms with Crippen LogP contribution in [0.5, 0.6) is 0 Å². The molecule has 1 N–H and O–H groups in total. The fourth-order valence-electron chi connectivity index (χ4n) is 3.21. The Balaban J connectivity index is 1.94. The van der Waals surface area contributed by atoms with Crippen LogP contribution in [0.2, 0.25) is 0 Å². The van der Waals surface area contributed by atoms with E-state index >= 15 is 0 Å². The summed E-state index contributed by atoms with van der Waals surface area (Å²) < 4.78 is 5.48. The van der Waals surface area contributed by atoms with Crippen LogP contribution in [0.25, 0.3) is 0 Å². The van der Waals surface area contributed by atoms with Gasteiger partial charge < -0.3 is 9.84 Å². The lowest BCUT2D eigenvalue weighted by Crippen LogP contribution is -2.45. The van der Waals surface area contributed by atoms with Gasteiger partial charge in [0.25, 0.3) is 0 Å². The maximum absolute atomic E-state index is 10.8. The van der Waals surface area contributed by atoms with Crippen molar-refractivity contribution in [2.75, 3.05) is 13.2 Å². The summed E-state index contributed by atoms with van der Waals surface area (Å²) in [6.45, 7) is 1.25. The number of rotatable bonds is 1. The lowest BCUT2D eigenvalue weighted by Gasteiger charge is -2.41. The largest absolute Gasteiger partial charge is 0.387 e. The summed E-state index contributed by atoms with van der Waals surface area (Å²) in [5.74, 6) is 0.160. The van der Waals surface area contributed by atoms with Gasteiger partial charge in [-0.2, -0.15) is 0 Å². The average Bonchev–Trinajstić information content (AvgIpc) is 2.39. The van der Waals surface area contributed by atoms with Crippen LogP contribution in [-0.2, 0) is 11.2 Å². The van der Waals surface area contributed by atoms with E-state index in [9.17, 15) is 5.11 Å². The molecule has 0 amide bonds. The highest BCUT2D eigenvalue weighted by molar-refractivity contribution is 5.28. The first-order chi connectivity index (χ1) is 8.30. The van der Waals surface area contributed by atoms with Crippen LogP contribution in [0.15, 0.2) is 18.3 Å². The first kappa shape index (κ1) is 11.2. The van der Waals surface area contributed by atoms with Crippen LogP contribution < -0.4 is 0 Å². The highest BCUT2D eigenvalue weighted by Crippen LogP contribution is 2.41. The molecular formula is C14H19NO2. The number of ether oxygens (including phenoxy) is 1. The van der Waals surface area contributed by atoms with E-state index < -0.39 is 5.60 Å². The van der Waals surface area contributed by atoms with Crippen molar-refractivity contribution in [3.8, 4) is 0 Å². The van der Waals surface area contributed by atoms with Crippen molar-refractivity contribution in [3.63, 3.8) is 0 Å². The van der Waals surface area contributed by atoms with Crippen molar-refractivity contribution in [1.82, 2.24) is 4.98 Å². The molecule has 0 bridgehead atoms. The topological polar surface area (TPSA) is 42.4 Å². The van der Waals surface area contributed by atoms with Crippen LogP contribution in [-0.4, -0.2) is 28.9 Å². The SMILES string of the molecule is OC1(C2CCCc3cccnc32)CCCOC1. The molecule has 1 aromatic heterocycles. The number of fused-ring (bicyclic) bond motifs is 1. The number of aryl methyl sites for hydroxylation is 1. The van der Waals surface area contributed by atoms with E-state index in [1.54, 1.807) is 0 Å². The normalized spacial score (nSPS) is 33.1. The second-order valence-corrected chi connectivity index (χ2v) is 5.25. The number of nitrogens with zero attached hydrogens (tertiary/aromatic N) is 1. The lowest BCUT2D eigenvalue weighted by molar-refractivity contribution is -0.104. The van der Waals surface area contributed by atoms with Gasteiger partial charge >= 0.3 is 0 Å². The highest BCUT2D eigenvalue weighted by atomic mass is 16.5. The molecule has 1 aromatic rings. The van der Waals surface area contributed by atoms with Crippen molar-refractivity contribution in [3.05, 3.63) is 29.6 Å². The summed E-state index contributed by atoms with van der Waals surface area (Å²) in [6, 6.07) is 4.13. The van der Waals surface area contributed by atoms with Gasteiger partial charge in [-0.3, -0.25) is 4.98 Å². The van der Waals surface area contributed by atoms with Crippen LogP contribution >= 0.6 is 0 Å². The number of hydrogen-bond acceptors (Lipinski definition) is 3. The fourth-order valence-corrected chi connectivity index (χ4v) is 3.21. The Morgan fingerprint density at radius 3 is 3.18 bits per heavy atom. The van der Waals surface area contributed by atoms with Crippen molar-refractivity contribution in [1.29, 1.82) is 0 Å². The Hall–Kier alpha value is -0.930. The smallest absolute Gasteiger partial charge is 0.0964 e. The van der Waals surface area contributed by atoms with Gasteiger partial charge in [0.15, 0.2) is 0 Å². The predicted octanol–water partition coefficient (Wildman–Crippen LogP) is 2.04. The molecule has 0 radical (unpaired) electrons. The van der Waals surface area contributed by atoms with Gasteiger partial charge in [-0.1, -0.05) is 6.07 Å². The quantitative estimate of drug-likeness (QED) is 0.807. The van der Waals surface area contributed by atoms with Gasteiger partial charge in [-0.15, -0.1) is 0 Å². The van der Waals surface area contributed by atoms with Gasteiger partial charge in [0.1, 0.15) is 0 Å². The third-order valence-corrected chi connectivity index (χ3v) is 4.09. The van der Waals surface area contributed by atoms with Gasteiger partial charge in [0.2, 0.25) is 0 Å². The second-order valence-electron chi connectivity index (χ2n) is 5.25. The van der Waals surface area contributed by atoms with Crippen molar-refractivity contribution in [2.45, 2.75) is 43.6 Å². The van der Waals surface area contributed by atoms with Gasteiger partial charge in [-0.05, 0) is 43.7 Å². The monoisotopic (exact) mass is 233 g/mol. The van der Waals surface area contributed by atoms with E-state index in [0.717, 1.165) is 44.4 Å². The minimum Gasteiger partial charge on any atom is -0.387 e. The third kappa shape index (κ3) is 1.98. The molecule has 3 rings (SSSR count). The standard InChI is InChI=1S/C14H19NO2/c16-14(7-3-9-17-10-14)12-6-1-4-11-5-2-8-15-13(11)12/h2,5,8,12,16H,1,3-4,6-7,9-10H2. The summed E-state index contributed by atoms with van der Waals surface area (Å²) in [6.07, 6.45) is 6.90. The minimum absolute atomic E-state index is 0.160. The Morgan fingerprint density at radius 1 is 1.41 bits per heavy atom. The van der Waals surface area contributed by atoms with E-state index in [4.69, 9.17) is 4.74 Å². The minimum atomic E-state index is -0.693. The molecule has 1 aliphatic heterocycles. The van der Waals surface area contributed by atoms with Crippen LogP contribution in [0.3, 0.4) is 0 Å². The molecule has 1 saturated heterocycles. The van der Waals surface area contributed by atoms with Crippen molar-refractivity contribution < 1.29 is 9.84 Å². The molecule has 0 saturated carbocycles. The second kappa shape index (κ2) is 4.39. The molecule has 1 fully saturated rings. The summed E-state index contributed by atoms with van der Waals surface area (Å²) in [5.41, 5.74) is 1.72. The zero-order chi connectivity index (χ0) is 11.7. The molecule has 3 heteroatoms. The summed E-state index contributed by atoms with van der Waals surface area (Å²) in [7, 11) is 0.